The third kappa shape index (κ3) is 4.34. The number of nitrogens with one attached hydrogen (secondary N) is 1. The summed E-state index contributed by atoms with van der Waals surface area (Å²) in [4.78, 5) is 37.5. The van der Waals surface area contributed by atoms with Gasteiger partial charge in [0.1, 0.15) is 5.56 Å². The summed E-state index contributed by atoms with van der Waals surface area (Å²) < 4.78 is 0. The van der Waals surface area contributed by atoms with Crippen LogP contribution in [-0.2, 0) is 0 Å². The van der Waals surface area contributed by atoms with Crippen LogP contribution in [0, 0.1) is 20.2 Å². The van der Waals surface area contributed by atoms with E-state index in [-0.39, 0.29) is 15.8 Å². The summed E-state index contributed by atoms with van der Waals surface area (Å²) in [5, 5.41) is 34.1. The summed E-state index contributed by atoms with van der Waals surface area (Å²) in [6, 6.07) is 6.49. The molecule has 0 atom stereocenters. The molecule has 0 spiro atoms. The van der Waals surface area contributed by atoms with E-state index in [0.29, 0.717) is 0 Å². The third-order valence-electron chi connectivity index (χ3n) is 3.11. The lowest BCUT2D eigenvalue weighted by molar-refractivity contribution is -0.394. The lowest BCUT2D eigenvalue weighted by Crippen LogP contribution is -2.14. The largest absolute Gasteiger partial charge is 0.296 e. The van der Waals surface area contributed by atoms with Crippen molar-refractivity contribution in [2.24, 2.45) is 4.99 Å². The second-order valence-corrected chi connectivity index (χ2v) is 6.77. The number of nitrogens with zero attached hydrogens (tertiary/aromatic N) is 5. The van der Waals surface area contributed by atoms with Gasteiger partial charge in [0.25, 0.3) is 17.3 Å². The number of nitro groups is 2. The van der Waals surface area contributed by atoms with Crippen molar-refractivity contribution in [2.45, 2.75) is 0 Å². The Hall–Kier alpha value is -3.58. The van der Waals surface area contributed by atoms with E-state index in [2.05, 4.69) is 20.5 Å². The van der Waals surface area contributed by atoms with Crippen molar-refractivity contribution in [3.05, 3.63) is 66.4 Å². The van der Waals surface area contributed by atoms with Gasteiger partial charge in [0.2, 0.25) is 10.3 Å². The molecule has 11 nitrogen and oxygen atoms in total. The topological polar surface area (TPSA) is 154 Å². The first-order valence-electron chi connectivity index (χ1n) is 7.09. The number of benzene rings is 1. The summed E-state index contributed by atoms with van der Waals surface area (Å²) in [6.45, 7) is 0. The van der Waals surface area contributed by atoms with E-state index in [1.807, 2.05) is 17.5 Å². The Labute approximate surface area is 158 Å². The highest BCUT2D eigenvalue weighted by Gasteiger charge is 2.24. The van der Waals surface area contributed by atoms with Gasteiger partial charge in [-0.2, -0.15) is 0 Å². The second kappa shape index (κ2) is 7.76. The van der Waals surface area contributed by atoms with E-state index in [0.717, 1.165) is 34.4 Å². The summed E-state index contributed by atoms with van der Waals surface area (Å²) >= 11 is 2.46. The molecule has 0 aliphatic rings. The lowest BCUT2D eigenvalue weighted by atomic mass is 10.1. The highest BCUT2D eigenvalue weighted by Crippen LogP contribution is 2.27. The summed E-state index contributed by atoms with van der Waals surface area (Å²) in [5.74, 6) is -0.832. The number of aromatic nitrogens is 2. The van der Waals surface area contributed by atoms with Gasteiger partial charge in [-0.15, -0.1) is 21.5 Å². The number of anilines is 1. The number of non-ortho nitro benzene ring substituents is 1. The van der Waals surface area contributed by atoms with Crippen LogP contribution in [0.3, 0.4) is 0 Å². The number of rotatable bonds is 6. The third-order valence-corrected chi connectivity index (χ3v) is 4.67. The maximum atomic E-state index is 12.3. The van der Waals surface area contributed by atoms with Crippen LogP contribution in [0.4, 0.5) is 21.6 Å². The number of hydrogen-bond donors (Lipinski definition) is 1. The predicted octanol–water partition coefficient (Wildman–Crippen LogP) is 3.42. The van der Waals surface area contributed by atoms with Gasteiger partial charge in [0, 0.05) is 17.2 Å². The van der Waals surface area contributed by atoms with Crippen LogP contribution in [0.5, 0.6) is 0 Å². The number of aliphatic imine (C=N–C) groups is 1. The van der Waals surface area contributed by atoms with Gasteiger partial charge in [-0.3, -0.25) is 30.3 Å². The predicted molar refractivity (Wildman–Crippen MR) is 99.2 cm³/mol. The average Bonchev–Trinajstić information content (AvgIpc) is 3.31. The molecule has 0 aliphatic heterocycles. The summed E-state index contributed by atoms with van der Waals surface area (Å²) in [5.41, 5.74) is -1.49. The zero-order chi connectivity index (χ0) is 19.4. The van der Waals surface area contributed by atoms with Crippen LogP contribution in [0.25, 0.3) is 0 Å². The van der Waals surface area contributed by atoms with Crippen molar-refractivity contribution < 1.29 is 14.6 Å². The van der Waals surface area contributed by atoms with Gasteiger partial charge in [-0.05, 0) is 17.5 Å². The van der Waals surface area contributed by atoms with Gasteiger partial charge < -0.3 is 0 Å². The second-order valence-electron chi connectivity index (χ2n) is 4.83. The molecule has 0 unspecified atom stereocenters. The number of thiophene rings is 1. The number of hydrogen-bond acceptors (Lipinski definition) is 10. The van der Waals surface area contributed by atoms with Crippen LogP contribution in [-0.4, -0.2) is 32.2 Å². The molecule has 0 bridgehead atoms. The zero-order valence-corrected chi connectivity index (χ0v) is 14.8. The Bertz CT molecular complexity index is 1050. The van der Waals surface area contributed by atoms with Crippen LogP contribution in [0.1, 0.15) is 15.2 Å². The van der Waals surface area contributed by atoms with Crippen LogP contribution >= 0.6 is 22.7 Å². The molecule has 1 amide bonds. The number of amides is 1. The molecular formula is C14H8N6O5S2. The minimum Gasteiger partial charge on any atom is -0.296 e. The van der Waals surface area contributed by atoms with E-state index in [1.54, 1.807) is 6.21 Å². The fourth-order valence-electron chi connectivity index (χ4n) is 1.94. The van der Waals surface area contributed by atoms with E-state index in [4.69, 9.17) is 0 Å². The van der Waals surface area contributed by atoms with Crippen molar-refractivity contribution in [1.29, 1.82) is 0 Å². The quantitative estimate of drug-likeness (QED) is 0.375. The number of nitro benzene ring substituents is 2. The van der Waals surface area contributed by atoms with Gasteiger partial charge in [0.15, 0.2) is 0 Å². The summed E-state index contributed by atoms with van der Waals surface area (Å²) in [6.07, 6.45) is 1.60. The highest BCUT2D eigenvalue weighted by atomic mass is 32.1. The standard InChI is InChI=1S/C14H8N6O5S2/c21-12(10-4-3-8(19(22)23)6-11(10)20(24)25)16-14-18-17-13(27-14)15-7-9-2-1-5-26-9/h1-7H,(H,16,18,21). The Balaban J connectivity index is 1.78. The van der Waals surface area contributed by atoms with Gasteiger partial charge in [0.05, 0.1) is 15.9 Å². The van der Waals surface area contributed by atoms with Crippen LogP contribution in [0.15, 0.2) is 40.7 Å². The van der Waals surface area contributed by atoms with Gasteiger partial charge in [-0.25, -0.2) is 4.99 Å². The molecule has 2 aromatic heterocycles. The smallest absolute Gasteiger partial charge is 0.289 e. The average molecular weight is 404 g/mol. The van der Waals surface area contributed by atoms with Crippen molar-refractivity contribution >= 4 is 56.4 Å². The van der Waals surface area contributed by atoms with Gasteiger partial charge in [-0.1, -0.05) is 17.4 Å². The van der Waals surface area contributed by atoms with E-state index in [1.165, 1.54) is 11.3 Å². The molecule has 1 aromatic carbocycles. The molecule has 3 aromatic rings. The first kappa shape index (κ1) is 18.2. The molecule has 1 N–H and O–H groups in total. The fraction of sp³-hybridized carbons (Fsp3) is 0. The van der Waals surface area contributed by atoms with E-state index < -0.39 is 27.1 Å². The Morgan fingerprint density at radius 1 is 1.19 bits per heavy atom. The molecule has 136 valence electrons. The zero-order valence-electron chi connectivity index (χ0n) is 13.1. The SMILES string of the molecule is O=C(Nc1nnc(N=Cc2cccs2)s1)c1ccc([N+](=O)[O-])cc1[N+](=O)[O-]. The van der Waals surface area contributed by atoms with Crippen LogP contribution < -0.4 is 5.32 Å². The molecule has 3 rings (SSSR count). The normalized spacial score (nSPS) is 10.8. The molecule has 0 saturated heterocycles. The van der Waals surface area contributed by atoms with E-state index in [9.17, 15) is 25.0 Å². The first-order chi connectivity index (χ1) is 12.9. The maximum Gasteiger partial charge on any atom is 0.289 e. The molecule has 27 heavy (non-hydrogen) atoms. The Morgan fingerprint density at radius 3 is 2.67 bits per heavy atom. The van der Waals surface area contributed by atoms with Crippen molar-refractivity contribution in [3.63, 3.8) is 0 Å². The van der Waals surface area contributed by atoms with Crippen molar-refractivity contribution in [2.75, 3.05) is 5.32 Å². The summed E-state index contributed by atoms with van der Waals surface area (Å²) in [7, 11) is 0. The van der Waals surface area contributed by atoms with Crippen molar-refractivity contribution in [3.8, 4) is 0 Å². The highest BCUT2D eigenvalue weighted by molar-refractivity contribution is 7.19. The molecule has 0 aliphatic carbocycles. The van der Waals surface area contributed by atoms with Crippen LogP contribution in [0.2, 0.25) is 0 Å². The number of carbonyl (C=O) groups is 1. The molecular weight excluding hydrogens is 396 g/mol. The number of carbonyl (C=O) groups excluding carboxylic acids is 1. The van der Waals surface area contributed by atoms with Crippen molar-refractivity contribution in [1.82, 2.24) is 10.2 Å². The molecule has 0 fully saturated rings. The molecule has 0 saturated carbocycles. The van der Waals surface area contributed by atoms with E-state index >= 15 is 0 Å². The molecule has 2 heterocycles. The lowest BCUT2D eigenvalue weighted by Gasteiger charge is -2.02. The Kier molecular flexibility index (Phi) is 5.23. The first-order valence-corrected chi connectivity index (χ1v) is 8.79. The fourth-order valence-corrected chi connectivity index (χ4v) is 3.11. The minimum absolute atomic E-state index is 0.0889. The maximum absolute atomic E-state index is 12.3. The Morgan fingerprint density at radius 2 is 2.00 bits per heavy atom. The molecule has 0 radical (unpaired) electrons. The monoisotopic (exact) mass is 404 g/mol. The van der Waals surface area contributed by atoms with Gasteiger partial charge >= 0.3 is 0 Å². The molecule has 13 heteroatoms. The minimum atomic E-state index is -0.862.